The maximum absolute atomic E-state index is 13.1. The zero-order chi connectivity index (χ0) is 24.7. The molecule has 0 bridgehead atoms. The van der Waals surface area contributed by atoms with Crippen LogP contribution in [0, 0.1) is 0 Å². The van der Waals surface area contributed by atoms with Gasteiger partial charge in [0.05, 0.1) is 17.4 Å². The van der Waals surface area contributed by atoms with Crippen molar-refractivity contribution in [1.82, 2.24) is 18.8 Å². The number of piperidine rings is 1. The lowest BCUT2D eigenvalue weighted by atomic mass is 10.00. The van der Waals surface area contributed by atoms with Gasteiger partial charge in [-0.05, 0) is 52.0 Å². The molecule has 0 amide bonds. The van der Waals surface area contributed by atoms with Gasteiger partial charge in [-0.25, -0.2) is 26.5 Å². The van der Waals surface area contributed by atoms with E-state index in [1.165, 1.54) is 10.4 Å². The summed E-state index contributed by atoms with van der Waals surface area (Å²) < 4.78 is 53.8. The molecule has 2 aliphatic rings. The van der Waals surface area contributed by atoms with Crippen LogP contribution < -0.4 is 10.9 Å². The van der Waals surface area contributed by atoms with Crippen molar-refractivity contribution in [3.63, 3.8) is 0 Å². The molecule has 3 heterocycles. The van der Waals surface area contributed by atoms with E-state index in [1.807, 2.05) is 0 Å². The predicted octanol–water partition coefficient (Wildman–Crippen LogP) is 2.52. The van der Waals surface area contributed by atoms with E-state index in [2.05, 4.69) is 15.3 Å². The van der Waals surface area contributed by atoms with Crippen LogP contribution in [0.4, 0.5) is 14.7 Å². The summed E-state index contributed by atoms with van der Waals surface area (Å²) in [5.41, 5.74) is -0.797. The summed E-state index contributed by atoms with van der Waals surface area (Å²) in [5.74, 6) is -3.28. The van der Waals surface area contributed by atoms with Crippen LogP contribution in [0.1, 0.15) is 58.4 Å². The summed E-state index contributed by atoms with van der Waals surface area (Å²) in [5, 5.41) is 14.7. The molecule has 2 aromatic rings. The van der Waals surface area contributed by atoms with Gasteiger partial charge >= 0.3 is 0 Å². The van der Waals surface area contributed by atoms with Gasteiger partial charge in [0, 0.05) is 43.2 Å². The Balaban J connectivity index is 1.48. The molecule has 0 aromatic carbocycles. The molecule has 2 atom stereocenters. The second kappa shape index (κ2) is 9.12. The molecule has 9 nitrogen and oxygen atoms in total. The van der Waals surface area contributed by atoms with E-state index in [1.54, 1.807) is 23.8 Å². The van der Waals surface area contributed by atoms with Crippen molar-refractivity contribution in [2.45, 2.75) is 76.0 Å². The Kier molecular flexibility index (Phi) is 6.69. The maximum atomic E-state index is 13.1. The van der Waals surface area contributed by atoms with Gasteiger partial charge in [-0.15, -0.1) is 0 Å². The highest BCUT2D eigenvalue weighted by atomic mass is 32.2. The number of aliphatic hydroxyl groups is 1. The highest BCUT2D eigenvalue weighted by Gasteiger charge is 2.39. The number of rotatable bonds is 7. The Hall–Kier alpha value is -2.18. The molecule has 2 fully saturated rings. The normalized spacial score (nSPS) is 25.1. The maximum Gasteiger partial charge on any atom is 0.252 e. The first kappa shape index (κ1) is 24.9. The molecule has 1 saturated carbocycles. The van der Waals surface area contributed by atoms with E-state index >= 15 is 0 Å². The highest BCUT2D eigenvalue weighted by molar-refractivity contribution is 7.89. The Bertz CT molecular complexity index is 1200. The van der Waals surface area contributed by atoms with E-state index < -0.39 is 33.7 Å². The van der Waals surface area contributed by atoms with Gasteiger partial charge in [0.15, 0.2) is 0 Å². The monoisotopic (exact) mass is 499 g/mol. The Morgan fingerprint density at radius 1 is 1.26 bits per heavy atom. The van der Waals surface area contributed by atoms with Crippen molar-refractivity contribution in [3.8, 4) is 0 Å². The molecule has 1 saturated heterocycles. The SMILES string of the molecule is CC(F)(F)CCS(=O)(=O)N1CCC(Nc2ncc3ccc(=O)n([C@H]4CCC[C@]4(C)O)c3n2)CC1. The summed E-state index contributed by atoms with van der Waals surface area (Å²) in [6, 6.07) is 2.63. The Morgan fingerprint density at radius 3 is 2.59 bits per heavy atom. The average Bonchev–Trinajstić information content (AvgIpc) is 3.11. The third-order valence-electron chi connectivity index (χ3n) is 6.84. The van der Waals surface area contributed by atoms with E-state index in [4.69, 9.17) is 0 Å². The lowest BCUT2D eigenvalue weighted by Crippen LogP contribution is -2.44. The van der Waals surface area contributed by atoms with Crippen LogP contribution in [0.5, 0.6) is 0 Å². The van der Waals surface area contributed by atoms with Crippen molar-refractivity contribution in [1.29, 1.82) is 0 Å². The first-order valence-electron chi connectivity index (χ1n) is 11.6. The average molecular weight is 500 g/mol. The number of nitrogens with zero attached hydrogens (tertiary/aromatic N) is 4. The lowest BCUT2D eigenvalue weighted by Gasteiger charge is -2.32. The largest absolute Gasteiger partial charge is 0.388 e. The summed E-state index contributed by atoms with van der Waals surface area (Å²) >= 11 is 0. The molecule has 34 heavy (non-hydrogen) atoms. The summed E-state index contributed by atoms with van der Waals surface area (Å²) in [7, 11) is -3.74. The van der Waals surface area contributed by atoms with E-state index in [9.17, 15) is 27.1 Å². The molecule has 188 valence electrons. The minimum atomic E-state index is -3.74. The second-order valence-electron chi connectivity index (χ2n) is 9.73. The van der Waals surface area contributed by atoms with Crippen LogP contribution in [-0.4, -0.2) is 68.8 Å². The first-order chi connectivity index (χ1) is 15.9. The van der Waals surface area contributed by atoms with Crippen LogP contribution in [0.2, 0.25) is 0 Å². The smallest absolute Gasteiger partial charge is 0.252 e. The zero-order valence-electron chi connectivity index (χ0n) is 19.4. The first-order valence-corrected chi connectivity index (χ1v) is 13.2. The molecule has 1 aliphatic heterocycles. The number of alkyl halides is 2. The number of anilines is 1. The number of hydrogen-bond donors (Lipinski definition) is 2. The Morgan fingerprint density at radius 2 is 1.97 bits per heavy atom. The van der Waals surface area contributed by atoms with Gasteiger partial charge in [0.25, 0.3) is 5.56 Å². The lowest BCUT2D eigenvalue weighted by molar-refractivity contribution is 0.0186. The predicted molar refractivity (Wildman–Crippen MR) is 125 cm³/mol. The summed E-state index contributed by atoms with van der Waals surface area (Å²) in [6.07, 6.45) is 3.96. The number of aromatic nitrogens is 3. The number of hydrogen-bond acceptors (Lipinski definition) is 7. The van der Waals surface area contributed by atoms with Crippen LogP contribution in [-0.2, 0) is 10.0 Å². The van der Waals surface area contributed by atoms with Crippen molar-refractivity contribution in [2.24, 2.45) is 0 Å². The third kappa shape index (κ3) is 5.38. The third-order valence-corrected chi connectivity index (χ3v) is 8.71. The highest BCUT2D eigenvalue weighted by Crippen LogP contribution is 2.39. The second-order valence-corrected chi connectivity index (χ2v) is 11.8. The number of nitrogens with one attached hydrogen (secondary N) is 1. The molecular weight excluding hydrogens is 468 g/mol. The summed E-state index contributed by atoms with van der Waals surface area (Å²) in [4.78, 5) is 21.6. The molecule has 12 heteroatoms. The van der Waals surface area contributed by atoms with Gasteiger partial charge in [0.1, 0.15) is 5.65 Å². The van der Waals surface area contributed by atoms with Crippen LogP contribution in [0.25, 0.3) is 11.0 Å². The molecule has 2 aromatic heterocycles. The van der Waals surface area contributed by atoms with Gasteiger partial charge in [-0.1, -0.05) is 0 Å². The van der Waals surface area contributed by atoms with Crippen molar-refractivity contribution in [2.75, 3.05) is 24.2 Å². The van der Waals surface area contributed by atoms with Crippen LogP contribution >= 0.6 is 0 Å². The quantitative estimate of drug-likeness (QED) is 0.601. The van der Waals surface area contributed by atoms with Gasteiger partial charge < -0.3 is 10.4 Å². The molecule has 0 radical (unpaired) electrons. The fraction of sp³-hybridized carbons (Fsp3) is 0.682. The molecule has 4 rings (SSSR count). The molecular formula is C22H31F2N5O4S. The molecule has 2 N–H and O–H groups in total. The van der Waals surface area contributed by atoms with E-state index in [-0.39, 0.29) is 30.7 Å². The van der Waals surface area contributed by atoms with Crippen LogP contribution in [0.3, 0.4) is 0 Å². The van der Waals surface area contributed by atoms with Gasteiger partial charge in [0.2, 0.25) is 21.9 Å². The minimum Gasteiger partial charge on any atom is -0.388 e. The number of fused-ring (bicyclic) bond motifs is 1. The van der Waals surface area contributed by atoms with Crippen molar-refractivity contribution in [3.05, 3.63) is 28.7 Å². The fourth-order valence-corrected chi connectivity index (χ4v) is 6.49. The van der Waals surface area contributed by atoms with E-state index in [0.29, 0.717) is 42.7 Å². The van der Waals surface area contributed by atoms with Crippen molar-refractivity contribution < 1.29 is 22.3 Å². The topological polar surface area (TPSA) is 117 Å². The number of halogens is 2. The van der Waals surface area contributed by atoms with Crippen LogP contribution in [0.15, 0.2) is 23.1 Å². The van der Waals surface area contributed by atoms with Gasteiger partial charge in [-0.3, -0.25) is 9.36 Å². The molecule has 1 aliphatic carbocycles. The van der Waals surface area contributed by atoms with Gasteiger partial charge in [-0.2, -0.15) is 4.98 Å². The number of sulfonamides is 1. The van der Waals surface area contributed by atoms with Crippen molar-refractivity contribution >= 4 is 27.0 Å². The standard InChI is InChI=1S/C22H31F2N5O4S/c1-21(31)9-3-4-17(21)29-18(30)6-5-15-14-25-20(27-19(15)29)26-16-7-11-28(12-8-16)34(32,33)13-10-22(2,23)24/h5-6,14,16-17,31H,3-4,7-13H2,1-2H3,(H,25,26,27)/t17-,21-/m0/s1. The Labute approximate surface area is 197 Å². The molecule has 0 unspecified atom stereocenters. The summed E-state index contributed by atoms with van der Waals surface area (Å²) in [6.45, 7) is 2.90. The fourth-order valence-electron chi connectivity index (χ4n) is 4.85. The van der Waals surface area contributed by atoms with E-state index in [0.717, 1.165) is 13.3 Å². The molecule has 0 spiro atoms. The minimum absolute atomic E-state index is 0.102. The zero-order valence-corrected chi connectivity index (χ0v) is 20.2. The number of pyridine rings is 1.